The number of amides is 1. The van der Waals surface area contributed by atoms with E-state index in [2.05, 4.69) is 15.1 Å². The van der Waals surface area contributed by atoms with Gasteiger partial charge in [0.15, 0.2) is 0 Å². The van der Waals surface area contributed by atoms with Gasteiger partial charge >= 0.3 is 0 Å². The summed E-state index contributed by atoms with van der Waals surface area (Å²) in [6.07, 6.45) is 1.54. The Morgan fingerprint density at radius 2 is 1.64 bits per heavy atom. The first kappa shape index (κ1) is 28.4. The van der Waals surface area contributed by atoms with Crippen LogP contribution in [0.2, 0.25) is 10.0 Å². The Hall–Kier alpha value is -3.59. The number of benzene rings is 3. The van der Waals surface area contributed by atoms with Crippen molar-refractivity contribution in [3.8, 4) is 5.69 Å². The molecule has 3 aromatic carbocycles. The molecule has 0 radical (unpaired) electrons. The van der Waals surface area contributed by atoms with E-state index in [9.17, 15) is 13.2 Å². The van der Waals surface area contributed by atoms with Gasteiger partial charge < -0.3 is 4.57 Å². The van der Waals surface area contributed by atoms with Crippen molar-refractivity contribution >= 4 is 51.0 Å². The highest BCUT2D eigenvalue weighted by Crippen LogP contribution is 2.31. The van der Waals surface area contributed by atoms with Crippen LogP contribution in [0.1, 0.15) is 28.1 Å². The van der Waals surface area contributed by atoms with Crippen molar-refractivity contribution in [3.05, 3.63) is 111 Å². The fourth-order valence-electron chi connectivity index (χ4n) is 4.25. The molecule has 0 aliphatic heterocycles. The Kier molecular flexibility index (Phi) is 8.49. The van der Waals surface area contributed by atoms with Gasteiger partial charge in [0.1, 0.15) is 6.54 Å². The summed E-state index contributed by atoms with van der Waals surface area (Å²) >= 11 is 12.3. The number of aromatic nitrogens is 1. The summed E-state index contributed by atoms with van der Waals surface area (Å²) in [5.41, 5.74) is 7.90. The number of aryl methyl sites for hydroxylation is 2. The summed E-state index contributed by atoms with van der Waals surface area (Å²) in [5.74, 6) is -0.604. The zero-order valence-electron chi connectivity index (χ0n) is 21.9. The third-order valence-electron chi connectivity index (χ3n) is 6.35. The van der Waals surface area contributed by atoms with Crippen LogP contribution in [-0.2, 0) is 14.8 Å². The molecule has 202 valence electrons. The van der Waals surface area contributed by atoms with Crippen LogP contribution in [0, 0.1) is 27.7 Å². The molecule has 0 saturated heterocycles. The average molecular weight is 584 g/mol. The minimum atomic E-state index is -4.08. The zero-order chi connectivity index (χ0) is 28.3. The quantitative estimate of drug-likeness (QED) is 0.194. The normalized spacial score (nSPS) is 11.6. The summed E-state index contributed by atoms with van der Waals surface area (Å²) < 4.78 is 30.4. The van der Waals surface area contributed by atoms with Crippen LogP contribution in [0.15, 0.2) is 82.8 Å². The zero-order valence-corrected chi connectivity index (χ0v) is 24.3. The van der Waals surface area contributed by atoms with Gasteiger partial charge in [-0.3, -0.25) is 9.10 Å². The number of hydrazone groups is 1. The molecule has 7 nitrogen and oxygen atoms in total. The number of nitrogens with zero attached hydrogens (tertiary/aromatic N) is 3. The Labute approximate surface area is 238 Å². The summed E-state index contributed by atoms with van der Waals surface area (Å²) in [7, 11) is -4.08. The first-order valence-corrected chi connectivity index (χ1v) is 14.3. The summed E-state index contributed by atoms with van der Waals surface area (Å²) in [6, 6.07) is 20.8. The lowest BCUT2D eigenvalue weighted by Gasteiger charge is -2.25. The van der Waals surface area contributed by atoms with E-state index in [-0.39, 0.29) is 4.90 Å². The number of halogens is 2. The van der Waals surface area contributed by atoms with E-state index in [4.69, 9.17) is 23.2 Å². The Morgan fingerprint density at radius 1 is 0.974 bits per heavy atom. The van der Waals surface area contributed by atoms with Gasteiger partial charge in [0.2, 0.25) is 0 Å². The molecule has 0 unspecified atom stereocenters. The van der Waals surface area contributed by atoms with E-state index in [0.29, 0.717) is 21.3 Å². The molecule has 4 rings (SSSR count). The first-order chi connectivity index (χ1) is 18.5. The Balaban J connectivity index is 1.58. The molecule has 0 bridgehead atoms. The van der Waals surface area contributed by atoms with Gasteiger partial charge in [-0.1, -0.05) is 47.0 Å². The maximum absolute atomic E-state index is 13.6. The molecule has 0 atom stereocenters. The van der Waals surface area contributed by atoms with Crippen LogP contribution in [0.25, 0.3) is 5.69 Å². The number of rotatable bonds is 8. The average Bonchev–Trinajstić information content (AvgIpc) is 3.18. The van der Waals surface area contributed by atoms with Crippen molar-refractivity contribution in [2.75, 3.05) is 10.8 Å². The molecule has 1 amide bonds. The molecule has 0 fully saturated rings. The molecule has 0 aliphatic rings. The van der Waals surface area contributed by atoms with Gasteiger partial charge in [-0.25, -0.2) is 13.8 Å². The van der Waals surface area contributed by atoms with Crippen LogP contribution < -0.4 is 9.73 Å². The fourth-order valence-corrected chi connectivity index (χ4v) is 6.02. The van der Waals surface area contributed by atoms with E-state index in [1.165, 1.54) is 18.3 Å². The number of nitrogens with one attached hydrogen (secondary N) is 1. The minimum Gasteiger partial charge on any atom is -0.318 e. The van der Waals surface area contributed by atoms with Crippen LogP contribution in [0.3, 0.4) is 0 Å². The van der Waals surface area contributed by atoms with E-state index in [0.717, 1.165) is 32.5 Å². The lowest BCUT2D eigenvalue weighted by Crippen LogP contribution is -2.40. The fraction of sp³-hybridized carbons (Fsp3) is 0.172. The largest absolute Gasteiger partial charge is 0.318 e. The molecule has 4 aromatic rings. The third-order valence-corrected chi connectivity index (χ3v) is 8.79. The minimum absolute atomic E-state index is 0.0680. The van der Waals surface area contributed by atoms with Gasteiger partial charge in [0.25, 0.3) is 15.9 Å². The number of sulfonamides is 1. The number of carbonyl (C=O) groups excluding carboxylic acids is 1. The van der Waals surface area contributed by atoms with Crippen molar-refractivity contribution in [1.82, 2.24) is 9.99 Å². The number of carbonyl (C=O) groups is 1. The van der Waals surface area contributed by atoms with E-state index in [1.54, 1.807) is 37.3 Å². The standard InChI is InChI=1S/C29H28Cl2N4O3S/c1-19-8-14-26(15-9-19)39(37,38)34(28-7-5-6-27(31)21(28)3)18-29(36)33-32-17-23-16-20(2)35(22(23)4)25-12-10-24(30)11-13-25/h5-17H,18H2,1-4H3,(H,33,36)/b32-17-. The lowest BCUT2D eigenvalue weighted by molar-refractivity contribution is -0.119. The summed E-state index contributed by atoms with van der Waals surface area (Å²) in [5, 5.41) is 5.16. The second-order valence-corrected chi connectivity index (χ2v) is 11.8. The van der Waals surface area contributed by atoms with Gasteiger partial charge in [0, 0.05) is 32.7 Å². The molecule has 1 aromatic heterocycles. The molecule has 0 saturated carbocycles. The van der Waals surface area contributed by atoms with Gasteiger partial charge in [-0.05, 0) is 87.9 Å². The summed E-state index contributed by atoms with van der Waals surface area (Å²) in [6.45, 7) is 7.01. The van der Waals surface area contributed by atoms with Crippen molar-refractivity contribution in [3.63, 3.8) is 0 Å². The van der Waals surface area contributed by atoms with Crippen molar-refractivity contribution < 1.29 is 13.2 Å². The maximum atomic E-state index is 13.6. The van der Waals surface area contributed by atoms with E-state index >= 15 is 0 Å². The van der Waals surface area contributed by atoms with Crippen LogP contribution in [0.5, 0.6) is 0 Å². The maximum Gasteiger partial charge on any atom is 0.264 e. The molecule has 10 heteroatoms. The molecule has 39 heavy (non-hydrogen) atoms. The van der Waals surface area contributed by atoms with Crippen molar-refractivity contribution in [2.24, 2.45) is 5.10 Å². The smallest absolute Gasteiger partial charge is 0.264 e. The van der Waals surface area contributed by atoms with Crippen LogP contribution in [-0.4, -0.2) is 31.7 Å². The van der Waals surface area contributed by atoms with Gasteiger partial charge in [0.05, 0.1) is 16.8 Å². The Morgan fingerprint density at radius 3 is 2.31 bits per heavy atom. The predicted octanol–water partition coefficient (Wildman–Crippen LogP) is 6.36. The molecular formula is C29H28Cl2N4O3S. The molecule has 1 N–H and O–H groups in total. The summed E-state index contributed by atoms with van der Waals surface area (Å²) in [4.78, 5) is 13.0. The van der Waals surface area contributed by atoms with E-state index < -0.39 is 22.5 Å². The lowest BCUT2D eigenvalue weighted by atomic mass is 10.2. The highest BCUT2D eigenvalue weighted by molar-refractivity contribution is 7.92. The number of hydrogen-bond acceptors (Lipinski definition) is 4. The predicted molar refractivity (Wildman–Crippen MR) is 158 cm³/mol. The monoisotopic (exact) mass is 582 g/mol. The molecule has 0 aliphatic carbocycles. The van der Waals surface area contributed by atoms with Crippen LogP contribution >= 0.6 is 23.2 Å². The molecular weight excluding hydrogens is 555 g/mol. The van der Waals surface area contributed by atoms with Crippen LogP contribution in [0.4, 0.5) is 5.69 Å². The molecule has 0 spiro atoms. The SMILES string of the molecule is Cc1ccc(S(=O)(=O)N(CC(=O)N/N=C\c2cc(C)n(-c3ccc(Cl)cc3)c2C)c2cccc(Cl)c2C)cc1. The van der Waals surface area contributed by atoms with E-state index in [1.807, 2.05) is 51.1 Å². The Bertz CT molecular complexity index is 1650. The first-order valence-electron chi connectivity index (χ1n) is 12.1. The highest BCUT2D eigenvalue weighted by Gasteiger charge is 2.28. The van der Waals surface area contributed by atoms with Crippen molar-refractivity contribution in [1.29, 1.82) is 0 Å². The molecule has 1 heterocycles. The highest BCUT2D eigenvalue weighted by atomic mass is 35.5. The number of anilines is 1. The van der Waals surface area contributed by atoms with Gasteiger partial charge in [-0.2, -0.15) is 5.10 Å². The number of hydrogen-bond donors (Lipinski definition) is 1. The van der Waals surface area contributed by atoms with Crippen molar-refractivity contribution in [2.45, 2.75) is 32.6 Å². The second kappa shape index (κ2) is 11.7. The van der Waals surface area contributed by atoms with Gasteiger partial charge in [-0.15, -0.1) is 0 Å². The topological polar surface area (TPSA) is 83.8 Å². The second-order valence-electron chi connectivity index (χ2n) is 9.14. The third kappa shape index (κ3) is 6.19.